The van der Waals surface area contributed by atoms with E-state index in [1.807, 2.05) is 29.2 Å². The van der Waals surface area contributed by atoms with Crippen LogP contribution in [0.2, 0.25) is 0 Å². The lowest BCUT2D eigenvalue weighted by Gasteiger charge is -2.42. The number of carbonyl (C=O) groups is 2. The van der Waals surface area contributed by atoms with Gasteiger partial charge < -0.3 is 25.2 Å². The Morgan fingerprint density at radius 1 is 1.18 bits per heavy atom. The average molecular weight is 471 g/mol. The summed E-state index contributed by atoms with van der Waals surface area (Å²) < 4.78 is 6.18. The summed E-state index contributed by atoms with van der Waals surface area (Å²) in [5.74, 6) is 0.389. The van der Waals surface area contributed by atoms with Crippen LogP contribution < -0.4 is 10.1 Å². The van der Waals surface area contributed by atoms with Crippen molar-refractivity contribution in [2.45, 2.75) is 82.5 Å². The first kappa shape index (κ1) is 24.7. The molecule has 0 saturated heterocycles. The molecule has 7 heteroatoms. The average Bonchev–Trinajstić information content (AvgIpc) is 3.26. The molecule has 3 N–H and O–H groups in total. The second-order valence-corrected chi connectivity index (χ2v) is 9.83. The lowest BCUT2D eigenvalue weighted by molar-refractivity contribution is -0.138. The molecule has 3 aliphatic rings. The van der Waals surface area contributed by atoms with Crippen LogP contribution in [-0.2, 0) is 9.59 Å². The molecule has 0 bridgehead atoms. The summed E-state index contributed by atoms with van der Waals surface area (Å²) >= 11 is 0. The van der Waals surface area contributed by atoms with Gasteiger partial charge in [-0.3, -0.25) is 9.59 Å². The number of nitrogens with zero attached hydrogens (tertiary/aromatic N) is 1. The number of ether oxygens (including phenoxy) is 1. The molecular weight excluding hydrogens is 432 g/mol. The molecule has 34 heavy (non-hydrogen) atoms. The number of para-hydroxylation sites is 1. The summed E-state index contributed by atoms with van der Waals surface area (Å²) in [7, 11) is 0. The van der Waals surface area contributed by atoms with E-state index in [0.29, 0.717) is 30.2 Å². The predicted octanol–water partition coefficient (Wildman–Crippen LogP) is 2.91. The number of hydrogen-bond acceptors (Lipinski definition) is 5. The van der Waals surface area contributed by atoms with Crippen LogP contribution in [0.25, 0.3) is 0 Å². The summed E-state index contributed by atoms with van der Waals surface area (Å²) in [6.45, 7) is 2.64. The van der Waals surface area contributed by atoms with Gasteiger partial charge in [-0.25, -0.2) is 0 Å². The van der Waals surface area contributed by atoms with E-state index in [1.165, 1.54) is 19.3 Å². The molecular formula is C27H38N2O5. The molecule has 0 radical (unpaired) electrons. The third-order valence-electron chi connectivity index (χ3n) is 7.48. The van der Waals surface area contributed by atoms with Crippen molar-refractivity contribution < 1.29 is 24.5 Å². The summed E-state index contributed by atoms with van der Waals surface area (Å²) in [4.78, 5) is 28.4. The van der Waals surface area contributed by atoms with Crippen molar-refractivity contribution in [1.82, 2.24) is 10.2 Å². The fourth-order valence-electron chi connectivity index (χ4n) is 5.70. The molecule has 1 aromatic carbocycles. The van der Waals surface area contributed by atoms with Crippen LogP contribution in [0.15, 0.2) is 35.9 Å². The van der Waals surface area contributed by atoms with Crippen molar-refractivity contribution in [2.75, 3.05) is 19.7 Å². The van der Waals surface area contributed by atoms with Crippen molar-refractivity contribution in [2.24, 2.45) is 5.92 Å². The molecule has 0 unspecified atom stereocenters. The number of nitrogens with one attached hydrogen (secondary N) is 1. The standard InChI is InChI=1S/C27H38N2O5/c1-2-3-13-23(31)29(17-18-9-5-4-6-10-18)21-16-20(27(33)28-14-15-30)24-19-11-7-8-12-22(19)34-26(24)25(21)32/h7-8,11-12,16,18,21,24-26,30,32H,2-6,9-10,13-15,17H2,1H3,(H,28,33)/t21-,24+,25+,26+/m1/s1. The van der Waals surface area contributed by atoms with Gasteiger partial charge in [0.15, 0.2) is 0 Å². The second kappa shape index (κ2) is 11.4. The van der Waals surface area contributed by atoms with Gasteiger partial charge in [-0.1, -0.05) is 50.8 Å². The zero-order valence-corrected chi connectivity index (χ0v) is 20.1. The fourth-order valence-corrected chi connectivity index (χ4v) is 5.70. The third-order valence-corrected chi connectivity index (χ3v) is 7.48. The largest absolute Gasteiger partial charge is 0.486 e. The Kier molecular flexibility index (Phi) is 8.27. The Morgan fingerprint density at radius 3 is 2.68 bits per heavy atom. The molecule has 0 aromatic heterocycles. The van der Waals surface area contributed by atoms with E-state index in [0.717, 1.165) is 31.2 Å². The first-order valence-electron chi connectivity index (χ1n) is 12.9. The van der Waals surface area contributed by atoms with Gasteiger partial charge in [0.2, 0.25) is 11.8 Å². The number of carbonyl (C=O) groups excluding carboxylic acids is 2. The number of fused-ring (bicyclic) bond motifs is 3. The van der Waals surface area contributed by atoms with E-state index >= 15 is 0 Å². The lowest BCUT2D eigenvalue weighted by Crippen LogP contribution is -2.56. The minimum atomic E-state index is -0.944. The van der Waals surface area contributed by atoms with Crippen LogP contribution in [0.3, 0.4) is 0 Å². The van der Waals surface area contributed by atoms with Gasteiger partial charge in [-0.15, -0.1) is 0 Å². The van der Waals surface area contributed by atoms with E-state index < -0.39 is 24.2 Å². The summed E-state index contributed by atoms with van der Waals surface area (Å²) in [6.07, 6.45) is 8.09. The molecule has 1 heterocycles. The highest BCUT2D eigenvalue weighted by atomic mass is 16.5. The number of rotatable bonds is 9. The molecule has 4 atom stereocenters. The number of amides is 2. The SMILES string of the molecule is CCCCC(=O)N(CC1CCCCC1)[C@@H]1C=C(C(=O)NCCO)[C@@H]2c3ccccc3O[C@@H]2[C@H]1O. The van der Waals surface area contributed by atoms with Crippen molar-refractivity contribution in [1.29, 1.82) is 0 Å². The van der Waals surface area contributed by atoms with Crippen LogP contribution in [0, 0.1) is 5.92 Å². The van der Waals surface area contributed by atoms with Crippen molar-refractivity contribution in [3.8, 4) is 5.75 Å². The van der Waals surface area contributed by atoms with Crippen LogP contribution in [0.1, 0.15) is 69.8 Å². The Balaban J connectivity index is 1.69. The van der Waals surface area contributed by atoms with Gasteiger partial charge in [0.1, 0.15) is 18.0 Å². The van der Waals surface area contributed by atoms with Crippen molar-refractivity contribution in [3.63, 3.8) is 0 Å². The Bertz CT molecular complexity index is 895. The van der Waals surface area contributed by atoms with Gasteiger partial charge in [-0.2, -0.15) is 0 Å². The molecule has 2 amide bonds. The van der Waals surface area contributed by atoms with Crippen LogP contribution in [-0.4, -0.2) is 64.9 Å². The van der Waals surface area contributed by atoms with Gasteiger partial charge in [0, 0.05) is 30.6 Å². The minimum absolute atomic E-state index is 0.0248. The summed E-state index contributed by atoms with van der Waals surface area (Å²) in [5, 5.41) is 23.5. The zero-order chi connectivity index (χ0) is 24.1. The number of aliphatic hydroxyl groups is 2. The minimum Gasteiger partial charge on any atom is -0.486 e. The van der Waals surface area contributed by atoms with Gasteiger partial charge in [0.25, 0.3) is 0 Å². The highest BCUT2D eigenvalue weighted by Gasteiger charge is 2.50. The maximum atomic E-state index is 13.4. The number of unbranched alkanes of at least 4 members (excludes halogenated alkanes) is 1. The van der Waals surface area contributed by atoms with Crippen molar-refractivity contribution >= 4 is 11.8 Å². The normalized spacial score (nSPS) is 26.1. The number of aliphatic hydroxyl groups excluding tert-OH is 2. The van der Waals surface area contributed by atoms with Crippen LogP contribution >= 0.6 is 0 Å². The molecule has 1 aromatic rings. The zero-order valence-electron chi connectivity index (χ0n) is 20.1. The van der Waals surface area contributed by atoms with Gasteiger partial charge in [0.05, 0.1) is 18.6 Å². The Labute approximate surface area is 202 Å². The van der Waals surface area contributed by atoms with Crippen LogP contribution in [0.5, 0.6) is 5.75 Å². The van der Waals surface area contributed by atoms with Crippen molar-refractivity contribution in [3.05, 3.63) is 41.5 Å². The molecule has 186 valence electrons. The molecule has 7 nitrogen and oxygen atoms in total. The number of benzene rings is 1. The maximum Gasteiger partial charge on any atom is 0.247 e. The quantitative estimate of drug-likeness (QED) is 0.515. The molecule has 1 saturated carbocycles. The molecule has 1 aliphatic heterocycles. The third kappa shape index (κ3) is 5.15. The Morgan fingerprint density at radius 2 is 1.94 bits per heavy atom. The molecule has 4 rings (SSSR count). The lowest BCUT2D eigenvalue weighted by atomic mass is 9.77. The summed E-state index contributed by atoms with van der Waals surface area (Å²) in [5.41, 5.74) is 1.36. The topological polar surface area (TPSA) is 99.1 Å². The monoisotopic (exact) mass is 470 g/mol. The van der Waals surface area contributed by atoms with E-state index in [4.69, 9.17) is 4.74 Å². The molecule has 0 spiro atoms. The van der Waals surface area contributed by atoms with E-state index in [-0.39, 0.29) is 25.0 Å². The van der Waals surface area contributed by atoms with E-state index in [9.17, 15) is 19.8 Å². The maximum absolute atomic E-state index is 13.4. The predicted molar refractivity (Wildman–Crippen MR) is 129 cm³/mol. The Hall–Kier alpha value is -2.38. The number of hydrogen-bond donors (Lipinski definition) is 3. The van der Waals surface area contributed by atoms with Gasteiger partial charge in [-0.05, 0) is 37.3 Å². The van der Waals surface area contributed by atoms with Gasteiger partial charge >= 0.3 is 0 Å². The molecule has 2 aliphatic carbocycles. The van der Waals surface area contributed by atoms with E-state index in [2.05, 4.69) is 12.2 Å². The first-order chi connectivity index (χ1) is 16.5. The van der Waals surface area contributed by atoms with E-state index in [1.54, 1.807) is 6.08 Å². The van der Waals surface area contributed by atoms with Crippen LogP contribution in [0.4, 0.5) is 0 Å². The highest BCUT2D eigenvalue weighted by molar-refractivity contribution is 5.96. The second-order valence-electron chi connectivity index (χ2n) is 9.83. The fraction of sp³-hybridized carbons (Fsp3) is 0.630. The molecule has 1 fully saturated rings. The smallest absolute Gasteiger partial charge is 0.247 e. The summed E-state index contributed by atoms with van der Waals surface area (Å²) in [6, 6.07) is 6.92. The highest BCUT2D eigenvalue weighted by Crippen LogP contribution is 2.47. The first-order valence-corrected chi connectivity index (χ1v) is 12.9.